The zero-order chi connectivity index (χ0) is 21.1. The minimum atomic E-state index is -0.489. The summed E-state index contributed by atoms with van der Waals surface area (Å²) < 4.78 is 1.00. The van der Waals surface area contributed by atoms with E-state index in [0.717, 1.165) is 10.2 Å². The van der Waals surface area contributed by atoms with Crippen LogP contribution < -0.4 is 5.32 Å². The van der Waals surface area contributed by atoms with E-state index in [1.165, 1.54) is 41.7 Å². The van der Waals surface area contributed by atoms with Crippen LogP contribution in [0.1, 0.15) is 5.56 Å². The van der Waals surface area contributed by atoms with Gasteiger partial charge in [-0.25, -0.2) is 4.98 Å². The van der Waals surface area contributed by atoms with Crippen LogP contribution in [0.3, 0.4) is 0 Å². The highest BCUT2D eigenvalue weighted by molar-refractivity contribution is 7.21. The first kappa shape index (κ1) is 19.3. The molecule has 4 aromatic rings. The quantitative estimate of drug-likeness (QED) is 0.200. The first-order valence-corrected chi connectivity index (χ1v) is 9.74. The number of rotatable bonds is 5. The van der Waals surface area contributed by atoms with E-state index < -0.39 is 10.8 Å². The Balaban J connectivity index is 1.53. The van der Waals surface area contributed by atoms with Gasteiger partial charge < -0.3 is 10.4 Å². The lowest BCUT2D eigenvalue weighted by molar-refractivity contribution is -0.384. The predicted molar refractivity (Wildman–Crippen MR) is 117 cm³/mol. The van der Waals surface area contributed by atoms with Gasteiger partial charge in [0.25, 0.3) is 5.69 Å². The molecule has 0 aliphatic heterocycles. The number of phenols is 1. The molecule has 7 nitrogen and oxygen atoms in total. The molecule has 0 fully saturated rings. The van der Waals surface area contributed by atoms with Gasteiger partial charge in [0, 0.05) is 23.9 Å². The summed E-state index contributed by atoms with van der Waals surface area (Å²) in [7, 11) is 0. The molecule has 30 heavy (non-hydrogen) atoms. The molecule has 0 aliphatic carbocycles. The second-order valence-corrected chi connectivity index (χ2v) is 7.42. The summed E-state index contributed by atoms with van der Waals surface area (Å²) in [5.74, 6) is -0.332. The summed E-state index contributed by atoms with van der Waals surface area (Å²) in [6, 6.07) is 18.4. The molecular weight excluding hydrogens is 402 g/mol. The van der Waals surface area contributed by atoms with Gasteiger partial charge in [-0.2, -0.15) is 0 Å². The van der Waals surface area contributed by atoms with E-state index in [4.69, 9.17) is 0 Å². The number of nitrogens with one attached hydrogen (secondary N) is 1. The molecule has 0 bridgehead atoms. The summed E-state index contributed by atoms with van der Waals surface area (Å²) in [6.45, 7) is 0. The van der Waals surface area contributed by atoms with Crippen LogP contribution in [-0.2, 0) is 4.79 Å². The maximum Gasteiger partial charge on any atom is 0.270 e. The molecule has 0 atom stereocenters. The summed E-state index contributed by atoms with van der Waals surface area (Å²) in [5, 5.41) is 24.5. The van der Waals surface area contributed by atoms with Crippen molar-refractivity contribution in [3.8, 4) is 16.3 Å². The number of fused-ring (bicyclic) bond motifs is 1. The van der Waals surface area contributed by atoms with Crippen LogP contribution in [-0.4, -0.2) is 20.9 Å². The van der Waals surface area contributed by atoms with Crippen molar-refractivity contribution in [2.24, 2.45) is 0 Å². The fraction of sp³-hybridized carbons (Fsp3) is 0. The predicted octanol–water partition coefficient (Wildman–Crippen LogP) is 5.23. The lowest BCUT2D eigenvalue weighted by Crippen LogP contribution is -2.07. The Morgan fingerprint density at radius 1 is 1.10 bits per heavy atom. The number of carbonyl (C=O) groups is 1. The van der Waals surface area contributed by atoms with Gasteiger partial charge in [-0.05, 0) is 42.0 Å². The van der Waals surface area contributed by atoms with Crippen LogP contribution in [0.4, 0.5) is 11.4 Å². The lowest BCUT2D eigenvalue weighted by atomic mass is 10.1. The molecule has 1 heterocycles. The number of nitrogens with zero attached hydrogens (tertiary/aromatic N) is 2. The lowest BCUT2D eigenvalue weighted by Gasteiger charge is -2.06. The average Bonchev–Trinajstić information content (AvgIpc) is 3.18. The van der Waals surface area contributed by atoms with Crippen LogP contribution in [0.2, 0.25) is 0 Å². The Hall–Kier alpha value is -4.04. The van der Waals surface area contributed by atoms with Crippen LogP contribution in [0.25, 0.3) is 26.9 Å². The van der Waals surface area contributed by atoms with Crippen LogP contribution in [0.5, 0.6) is 5.75 Å². The maximum atomic E-state index is 12.3. The van der Waals surface area contributed by atoms with Gasteiger partial charge in [0.05, 0.1) is 20.7 Å². The molecule has 0 saturated carbocycles. The normalized spacial score (nSPS) is 11.1. The first-order chi connectivity index (χ1) is 14.5. The smallest absolute Gasteiger partial charge is 0.270 e. The molecule has 0 radical (unpaired) electrons. The Labute approximate surface area is 175 Å². The number of para-hydroxylation sites is 1. The van der Waals surface area contributed by atoms with Crippen molar-refractivity contribution < 1.29 is 14.8 Å². The highest BCUT2D eigenvalue weighted by Crippen LogP contribution is 2.36. The number of thiazole rings is 1. The molecule has 1 amide bonds. The first-order valence-electron chi connectivity index (χ1n) is 8.92. The number of carbonyl (C=O) groups excluding carboxylic acids is 1. The molecule has 8 heteroatoms. The highest BCUT2D eigenvalue weighted by atomic mass is 32.1. The van der Waals surface area contributed by atoms with Crippen LogP contribution >= 0.6 is 11.3 Å². The third-order valence-corrected chi connectivity index (χ3v) is 5.37. The molecule has 4 rings (SSSR count). The van der Waals surface area contributed by atoms with E-state index in [1.54, 1.807) is 24.3 Å². The molecule has 0 unspecified atom stereocenters. The third-order valence-electron chi connectivity index (χ3n) is 4.30. The van der Waals surface area contributed by atoms with E-state index in [-0.39, 0.29) is 11.4 Å². The van der Waals surface area contributed by atoms with E-state index in [1.807, 2.05) is 24.3 Å². The van der Waals surface area contributed by atoms with Gasteiger partial charge in [0.1, 0.15) is 10.8 Å². The van der Waals surface area contributed by atoms with E-state index in [0.29, 0.717) is 21.8 Å². The summed E-state index contributed by atoms with van der Waals surface area (Å²) in [4.78, 5) is 27.2. The summed E-state index contributed by atoms with van der Waals surface area (Å²) in [6.07, 6.45) is 2.79. The number of aromatic hydroxyl groups is 1. The van der Waals surface area contributed by atoms with Gasteiger partial charge in [-0.15, -0.1) is 11.3 Å². The Bertz CT molecular complexity index is 1260. The van der Waals surface area contributed by atoms with Gasteiger partial charge in [0.15, 0.2) is 0 Å². The number of anilines is 1. The van der Waals surface area contributed by atoms with E-state index in [9.17, 15) is 20.0 Å². The van der Waals surface area contributed by atoms with Crippen molar-refractivity contribution in [2.45, 2.75) is 0 Å². The fourth-order valence-electron chi connectivity index (χ4n) is 2.87. The van der Waals surface area contributed by atoms with Gasteiger partial charge in [-0.1, -0.05) is 24.3 Å². The van der Waals surface area contributed by atoms with Crippen molar-refractivity contribution in [3.05, 3.63) is 88.5 Å². The number of benzene rings is 3. The van der Waals surface area contributed by atoms with Crippen molar-refractivity contribution in [1.29, 1.82) is 0 Å². The zero-order valence-electron chi connectivity index (χ0n) is 15.5. The molecule has 0 saturated heterocycles. The zero-order valence-corrected chi connectivity index (χ0v) is 16.3. The molecular formula is C22H15N3O4S. The average molecular weight is 417 g/mol. The van der Waals surface area contributed by atoms with Gasteiger partial charge in [0.2, 0.25) is 5.91 Å². The minimum absolute atomic E-state index is 0.0448. The number of hydrogen-bond donors (Lipinski definition) is 2. The van der Waals surface area contributed by atoms with Crippen molar-refractivity contribution in [2.75, 3.05) is 5.32 Å². The summed E-state index contributed by atoms with van der Waals surface area (Å²) in [5.41, 5.74) is 2.36. The molecule has 3 aromatic carbocycles. The highest BCUT2D eigenvalue weighted by Gasteiger charge is 2.12. The maximum absolute atomic E-state index is 12.3. The number of phenolic OH excluding ortho intramolecular Hbond substituents is 1. The van der Waals surface area contributed by atoms with Gasteiger partial charge >= 0.3 is 0 Å². The fourth-order valence-corrected chi connectivity index (χ4v) is 3.86. The van der Waals surface area contributed by atoms with E-state index in [2.05, 4.69) is 10.3 Å². The van der Waals surface area contributed by atoms with Gasteiger partial charge in [-0.3, -0.25) is 14.9 Å². The largest absolute Gasteiger partial charge is 0.507 e. The molecule has 148 valence electrons. The number of hydrogen-bond acceptors (Lipinski definition) is 6. The number of nitro groups is 1. The topological polar surface area (TPSA) is 105 Å². The third kappa shape index (κ3) is 4.18. The van der Waals surface area contributed by atoms with Crippen molar-refractivity contribution in [3.63, 3.8) is 0 Å². The molecule has 0 spiro atoms. The monoisotopic (exact) mass is 417 g/mol. The Kier molecular flexibility index (Phi) is 5.23. The Morgan fingerprint density at radius 3 is 2.73 bits per heavy atom. The Morgan fingerprint density at radius 2 is 1.93 bits per heavy atom. The summed E-state index contributed by atoms with van der Waals surface area (Å²) >= 11 is 1.45. The van der Waals surface area contributed by atoms with E-state index >= 15 is 0 Å². The number of aromatic nitrogens is 1. The van der Waals surface area contributed by atoms with Crippen LogP contribution in [0.15, 0.2) is 72.8 Å². The van der Waals surface area contributed by atoms with Crippen molar-refractivity contribution >= 4 is 44.9 Å². The second-order valence-electron chi connectivity index (χ2n) is 6.39. The molecule has 1 aromatic heterocycles. The SMILES string of the molecule is O=C(C=Cc1cccc([N+](=O)[O-])c1)Nc1ccc(O)c(-c2nc3ccccc3s2)c1. The standard InChI is InChI=1S/C22H15N3O4S/c26-19-10-9-15(13-17(19)22-24-18-6-1-2-7-20(18)30-22)23-21(27)11-8-14-4-3-5-16(12-14)25(28)29/h1-13,26H,(H,23,27). The molecule has 2 N–H and O–H groups in total. The molecule has 0 aliphatic rings. The number of non-ortho nitro benzene ring substituents is 1. The van der Waals surface area contributed by atoms with Crippen molar-refractivity contribution in [1.82, 2.24) is 4.98 Å². The van der Waals surface area contributed by atoms with Crippen LogP contribution in [0, 0.1) is 10.1 Å². The number of amides is 1. The minimum Gasteiger partial charge on any atom is -0.507 e. The second kappa shape index (κ2) is 8.14. The number of nitro benzene ring substituents is 1.